The Hall–Kier alpha value is -0.530. The van der Waals surface area contributed by atoms with Crippen molar-refractivity contribution in [2.24, 2.45) is 5.41 Å². The van der Waals surface area contributed by atoms with Gasteiger partial charge in [0.1, 0.15) is 0 Å². The zero-order chi connectivity index (χ0) is 12.7. The Balaban J connectivity index is 2.26. The van der Waals surface area contributed by atoms with E-state index >= 15 is 0 Å². The summed E-state index contributed by atoms with van der Waals surface area (Å²) in [6, 6.07) is 6.08. The van der Waals surface area contributed by atoms with Gasteiger partial charge in [-0.05, 0) is 48.8 Å². The van der Waals surface area contributed by atoms with Crippen LogP contribution in [0.3, 0.4) is 0 Å². The van der Waals surface area contributed by atoms with Crippen molar-refractivity contribution in [2.75, 3.05) is 0 Å². The fourth-order valence-corrected chi connectivity index (χ4v) is 3.13. The molecule has 1 unspecified atom stereocenters. The van der Waals surface area contributed by atoms with Gasteiger partial charge in [0.25, 0.3) is 0 Å². The van der Waals surface area contributed by atoms with Crippen LogP contribution in [0.1, 0.15) is 44.2 Å². The third-order valence-corrected chi connectivity index (χ3v) is 4.70. The van der Waals surface area contributed by atoms with Gasteiger partial charge in [-0.3, -0.25) is 0 Å². The van der Waals surface area contributed by atoms with Crippen molar-refractivity contribution in [3.8, 4) is 0 Å². The van der Waals surface area contributed by atoms with Gasteiger partial charge < -0.3 is 5.11 Å². The van der Waals surface area contributed by atoms with Crippen LogP contribution in [0.2, 0.25) is 5.02 Å². The Morgan fingerprint density at radius 3 is 2.53 bits per heavy atom. The summed E-state index contributed by atoms with van der Waals surface area (Å²) >= 11 is 6.25. The number of hydrogen-bond acceptors (Lipinski definition) is 1. The maximum absolute atomic E-state index is 10.8. The molecule has 2 heteroatoms. The Labute approximate surface area is 109 Å². The third-order valence-electron chi connectivity index (χ3n) is 4.34. The predicted molar refractivity (Wildman–Crippen MR) is 72.5 cm³/mol. The highest BCUT2D eigenvalue weighted by Crippen LogP contribution is 2.48. The molecule has 94 valence electrons. The molecule has 17 heavy (non-hydrogen) atoms. The summed E-state index contributed by atoms with van der Waals surface area (Å²) in [5, 5.41) is 11.6. The van der Waals surface area contributed by atoms with Crippen LogP contribution in [0, 0.1) is 12.3 Å². The van der Waals surface area contributed by atoms with Crippen LogP contribution >= 0.6 is 11.6 Å². The molecule has 0 bridgehead atoms. The van der Waals surface area contributed by atoms with Gasteiger partial charge in [-0.15, -0.1) is 0 Å². The zero-order valence-corrected chi connectivity index (χ0v) is 11.6. The summed E-state index contributed by atoms with van der Waals surface area (Å²) in [5.74, 6) is 0. The quantitative estimate of drug-likeness (QED) is 0.839. The minimum absolute atomic E-state index is 0.0127. The molecule has 2 rings (SSSR count). The fraction of sp³-hybridized carbons (Fsp3) is 0.600. The molecule has 0 aromatic heterocycles. The number of aryl methyl sites for hydroxylation is 1. The molecule has 0 aliphatic heterocycles. The molecule has 0 amide bonds. The monoisotopic (exact) mass is 252 g/mol. The number of benzene rings is 1. The van der Waals surface area contributed by atoms with Crippen LogP contribution in [-0.2, 0) is 6.42 Å². The van der Waals surface area contributed by atoms with Gasteiger partial charge in [-0.2, -0.15) is 0 Å². The molecule has 0 heterocycles. The van der Waals surface area contributed by atoms with E-state index in [1.165, 1.54) is 0 Å². The largest absolute Gasteiger partial charge is 0.389 e. The van der Waals surface area contributed by atoms with Gasteiger partial charge in [0.15, 0.2) is 0 Å². The summed E-state index contributed by atoms with van der Waals surface area (Å²) in [4.78, 5) is 0. The minimum Gasteiger partial charge on any atom is -0.389 e. The summed E-state index contributed by atoms with van der Waals surface area (Å²) in [6.07, 6.45) is 3.74. The van der Waals surface area contributed by atoms with E-state index in [4.69, 9.17) is 11.6 Å². The standard InChI is InChI=1S/C15H21ClO/c1-11-5-6-12(13(16)9-11)10-15(17)8-4-7-14(15,2)3/h5-6,9,17H,4,7-8,10H2,1-3H3. The lowest BCUT2D eigenvalue weighted by Gasteiger charge is -2.37. The molecule has 1 aromatic carbocycles. The van der Waals surface area contributed by atoms with E-state index in [1.807, 2.05) is 19.1 Å². The number of hydrogen-bond donors (Lipinski definition) is 1. The van der Waals surface area contributed by atoms with E-state index in [1.54, 1.807) is 0 Å². The molecule has 1 aliphatic carbocycles. The first kappa shape index (κ1) is 12.9. The van der Waals surface area contributed by atoms with Crippen molar-refractivity contribution >= 4 is 11.6 Å². The van der Waals surface area contributed by atoms with E-state index in [2.05, 4.69) is 19.9 Å². The summed E-state index contributed by atoms with van der Waals surface area (Å²) in [7, 11) is 0. The molecule has 1 N–H and O–H groups in total. The highest BCUT2D eigenvalue weighted by molar-refractivity contribution is 6.31. The van der Waals surface area contributed by atoms with Crippen LogP contribution in [0.4, 0.5) is 0 Å². The average molecular weight is 253 g/mol. The molecule has 1 nitrogen and oxygen atoms in total. The number of aliphatic hydroxyl groups is 1. The number of halogens is 1. The first-order valence-corrected chi connectivity index (χ1v) is 6.69. The van der Waals surface area contributed by atoms with Crippen LogP contribution in [-0.4, -0.2) is 10.7 Å². The molecule has 1 aliphatic rings. The fourth-order valence-electron chi connectivity index (χ4n) is 2.83. The smallest absolute Gasteiger partial charge is 0.0739 e. The van der Waals surface area contributed by atoms with Crippen molar-refractivity contribution < 1.29 is 5.11 Å². The first-order chi connectivity index (χ1) is 7.84. The Bertz CT molecular complexity index is 425. The van der Waals surface area contributed by atoms with Crippen molar-refractivity contribution in [1.29, 1.82) is 0 Å². The lowest BCUT2D eigenvalue weighted by Crippen LogP contribution is -2.41. The highest BCUT2D eigenvalue weighted by Gasteiger charge is 2.47. The maximum atomic E-state index is 10.8. The Kier molecular flexibility index (Phi) is 3.26. The molecular formula is C15H21ClO. The van der Waals surface area contributed by atoms with Gasteiger partial charge in [-0.25, -0.2) is 0 Å². The minimum atomic E-state index is -0.605. The topological polar surface area (TPSA) is 20.2 Å². The van der Waals surface area contributed by atoms with Crippen LogP contribution in [0.25, 0.3) is 0 Å². The second-order valence-electron chi connectivity index (χ2n) is 6.04. The SMILES string of the molecule is Cc1ccc(CC2(O)CCCC2(C)C)c(Cl)c1. The highest BCUT2D eigenvalue weighted by atomic mass is 35.5. The summed E-state index contributed by atoms with van der Waals surface area (Å²) in [6.45, 7) is 6.34. The van der Waals surface area contributed by atoms with E-state index in [9.17, 15) is 5.11 Å². The molecule has 0 spiro atoms. The second kappa shape index (κ2) is 4.29. The Morgan fingerprint density at radius 2 is 2.00 bits per heavy atom. The predicted octanol–water partition coefficient (Wildman–Crippen LogP) is 4.13. The number of rotatable bonds is 2. The molecule has 1 aromatic rings. The van der Waals surface area contributed by atoms with Gasteiger partial charge in [-0.1, -0.05) is 37.6 Å². The Morgan fingerprint density at radius 1 is 1.29 bits per heavy atom. The molecule has 1 saturated carbocycles. The molecule has 1 atom stereocenters. The van der Waals surface area contributed by atoms with E-state index < -0.39 is 5.60 Å². The maximum Gasteiger partial charge on any atom is 0.0739 e. The molecule has 0 radical (unpaired) electrons. The van der Waals surface area contributed by atoms with Gasteiger partial charge in [0.05, 0.1) is 5.60 Å². The van der Waals surface area contributed by atoms with Crippen molar-refractivity contribution in [2.45, 2.75) is 52.1 Å². The van der Waals surface area contributed by atoms with Crippen LogP contribution in [0.5, 0.6) is 0 Å². The van der Waals surface area contributed by atoms with E-state index in [0.29, 0.717) is 6.42 Å². The van der Waals surface area contributed by atoms with Gasteiger partial charge in [0, 0.05) is 11.4 Å². The lowest BCUT2D eigenvalue weighted by atomic mass is 9.74. The van der Waals surface area contributed by atoms with Crippen LogP contribution < -0.4 is 0 Å². The normalized spacial score (nSPS) is 27.4. The van der Waals surface area contributed by atoms with Crippen molar-refractivity contribution in [3.63, 3.8) is 0 Å². The van der Waals surface area contributed by atoms with Crippen molar-refractivity contribution in [3.05, 3.63) is 34.3 Å². The first-order valence-electron chi connectivity index (χ1n) is 6.31. The molecular weight excluding hydrogens is 232 g/mol. The van der Waals surface area contributed by atoms with Crippen LogP contribution in [0.15, 0.2) is 18.2 Å². The summed E-state index contributed by atoms with van der Waals surface area (Å²) in [5.41, 5.74) is 1.61. The lowest BCUT2D eigenvalue weighted by molar-refractivity contribution is -0.0419. The van der Waals surface area contributed by atoms with Crippen molar-refractivity contribution in [1.82, 2.24) is 0 Å². The third kappa shape index (κ3) is 2.36. The van der Waals surface area contributed by atoms with E-state index in [0.717, 1.165) is 35.4 Å². The average Bonchev–Trinajstić information content (AvgIpc) is 2.46. The summed E-state index contributed by atoms with van der Waals surface area (Å²) < 4.78 is 0. The molecule has 0 saturated heterocycles. The van der Waals surface area contributed by atoms with Gasteiger partial charge >= 0.3 is 0 Å². The molecule has 1 fully saturated rings. The van der Waals surface area contributed by atoms with Gasteiger partial charge in [0.2, 0.25) is 0 Å². The van der Waals surface area contributed by atoms with E-state index in [-0.39, 0.29) is 5.41 Å². The second-order valence-corrected chi connectivity index (χ2v) is 6.45. The zero-order valence-electron chi connectivity index (χ0n) is 10.9.